The maximum Gasteiger partial charge on any atom is 0.132 e. The average molecular weight is 351 g/mol. The third-order valence-electron chi connectivity index (χ3n) is 4.20. The van der Waals surface area contributed by atoms with E-state index in [0.29, 0.717) is 25.2 Å². The molecule has 0 saturated heterocycles. The van der Waals surface area contributed by atoms with Crippen molar-refractivity contribution in [1.29, 1.82) is 0 Å². The fourth-order valence-electron chi connectivity index (χ4n) is 2.67. The highest BCUT2D eigenvalue weighted by molar-refractivity contribution is 6.29. The molecule has 1 aliphatic rings. The number of halogens is 2. The summed E-state index contributed by atoms with van der Waals surface area (Å²) in [5, 5.41) is 10.4. The molecule has 0 amide bonds. The summed E-state index contributed by atoms with van der Waals surface area (Å²) < 4.78 is 19.2. The fraction of sp³-hybridized carbons (Fsp3) is 0.389. The monoisotopic (exact) mass is 350 g/mol. The first-order valence-electron chi connectivity index (χ1n) is 7.85. The number of ether oxygens (including phenoxy) is 1. The Morgan fingerprint density at radius 1 is 1.29 bits per heavy atom. The number of benzene rings is 1. The average Bonchev–Trinajstić information content (AvgIpc) is 3.28. The van der Waals surface area contributed by atoms with Crippen LogP contribution in [0.2, 0.25) is 5.15 Å². The first-order chi connectivity index (χ1) is 11.5. The number of aliphatic hydroxyl groups is 1. The summed E-state index contributed by atoms with van der Waals surface area (Å²) in [4.78, 5) is 5.99. The molecule has 0 aliphatic heterocycles. The van der Waals surface area contributed by atoms with Gasteiger partial charge in [0.15, 0.2) is 0 Å². The van der Waals surface area contributed by atoms with E-state index in [1.165, 1.54) is 12.3 Å². The second-order valence-corrected chi connectivity index (χ2v) is 6.70. The molecule has 1 N–H and O–H groups in total. The van der Waals surface area contributed by atoms with Crippen LogP contribution in [0.15, 0.2) is 36.5 Å². The Kier molecular flexibility index (Phi) is 5.04. The van der Waals surface area contributed by atoms with E-state index in [0.717, 1.165) is 24.2 Å². The van der Waals surface area contributed by atoms with Crippen molar-refractivity contribution in [3.63, 3.8) is 0 Å². The highest BCUT2D eigenvalue weighted by Crippen LogP contribution is 2.36. The molecular formula is C18H20ClFN2O2. The van der Waals surface area contributed by atoms with Gasteiger partial charge in [-0.15, -0.1) is 0 Å². The van der Waals surface area contributed by atoms with E-state index in [-0.39, 0.29) is 11.0 Å². The van der Waals surface area contributed by atoms with Gasteiger partial charge in [0, 0.05) is 37.5 Å². The van der Waals surface area contributed by atoms with Crippen LogP contribution in [0.5, 0.6) is 5.75 Å². The predicted molar refractivity (Wildman–Crippen MR) is 90.5 cm³/mol. The molecule has 1 aromatic heterocycles. The molecule has 3 rings (SSSR count). The molecule has 4 nitrogen and oxygen atoms in total. The minimum Gasteiger partial charge on any atom is -0.497 e. The van der Waals surface area contributed by atoms with Crippen molar-refractivity contribution in [3.05, 3.63) is 58.6 Å². The third kappa shape index (κ3) is 4.44. The lowest BCUT2D eigenvalue weighted by Crippen LogP contribution is -2.33. The molecule has 6 heteroatoms. The number of pyridine rings is 1. The zero-order valence-corrected chi connectivity index (χ0v) is 14.3. The summed E-state index contributed by atoms with van der Waals surface area (Å²) in [7, 11) is 1.63. The first-order valence-corrected chi connectivity index (χ1v) is 8.23. The maximum absolute atomic E-state index is 14.1. The Morgan fingerprint density at radius 3 is 2.58 bits per heavy atom. The molecule has 0 radical (unpaired) electrons. The highest BCUT2D eigenvalue weighted by Gasteiger charge is 2.41. The van der Waals surface area contributed by atoms with E-state index in [1.54, 1.807) is 7.11 Å². The number of aromatic nitrogens is 1. The molecule has 2 aromatic rings. The van der Waals surface area contributed by atoms with E-state index < -0.39 is 5.60 Å². The Bertz CT molecular complexity index is 705. The number of rotatable bonds is 7. The van der Waals surface area contributed by atoms with Gasteiger partial charge >= 0.3 is 0 Å². The van der Waals surface area contributed by atoms with Crippen LogP contribution in [0.25, 0.3) is 0 Å². The van der Waals surface area contributed by atoms with Gasteiger partial charge in [-0.2, -0.15) is 0 Å². The van der Waals surface area contributed by atoms with Crippen molar-refractivity contribution >= 4 is 11.6 Å². The molecule has 1 heterocycles. The topological polar surface area (TPSA) is 45.6 Å². The fourth-order valence-corrected chi connectivity index (χ4v) is 2.81. The van der Waals surface area contributed by atoms with Gasteiger partial charge in [-0.1, -0.05) is 23.7 Å². The summed E-state index contributed by atoms with van der Waals surface area (Å²) in [6.45, 7) is 1.47. The van der Waals surface area contributed by atoms with Crippen molar-refractivity contribution in [1.82, 2.24) is 9.88 Å². The summed E-state index contributed by atoms with van der Waals surface area (Å²) in [6, 6.07) is 8.94. The standard InChI is InChI=1S/C18H20ClFN2O2/c1-24-15-4-2-13(3-5-15)10-22(12-18(23)6-7-18)11-14-9-21-17(19)8-16(14)20/h2-5,8-9,23H,6-7,10-12H2,1H3. The molecule has 1 saturated carbocycles. The SMILES string of the molecule is COc1ccc(CN(Cc2cnc(Cl)cc2F)CC2(O)CC2)cc1. The minimum absolute atomic E-state index is 0.138. The van der Waals surface area contributed by atoms with Crippen molar-refractivity contribution in [2.45, 2.75) is 31.5 Å². The molecule has 1 aromatic carbocycles. The van der Waals surface area contributed by atoms with Gasteiger partial charge in [0.25, 0.3) is 0 Å². The zero-order valence-electron chi connectivity index (χ0n) is 13.5. The Morgan fingerprint density at radius 2 is 2.00 bits per heavy atom. The van der Waals surface area contributed by atoms with E-state index in [9.17, 15) is 9.50 Å². The quantitative estimate of drug-likeness (QED) is 0.777. The van der Waals surface area contributed by atoms with E-state index in [4.69, 9.17) is 16.3 Å². The zero-order chi connectivity index (χ0) is 17.2. The predicted octanol–water partition coefficient (Wildman–Crippen LogP) is 3.41. The number of hydrogen-bond acceptors (Lipinski definition) is 4. The number of methoxy groups -OCH3 is 1. The summed E-state index contributed by atoms with van der Waals surface area (Å²) in [5.41, 5.74) is 0.891. The minimum atomic E-state index is -0.650. The highest BCUT2D eigenvalue weighted by atomic mass is 35.5. The third-order valence-corrected chi connectivity index (χ3v) is 4.41. The van der Waals surface area contributed by atoms with Crippen LogP contribution in [0.1, 0.15) is 24.0 Å². The first kappa shape index (κ1) is 17.1. The van der Waals surface area contributed by atoms with Gasteiger partial charge in [0.1, 0.15) is 16.7 Å². The van der Waals surface area contributed by atoms with Gasteiger partial charge in [-0.05, 0) is 30.5 Å². The molecule has 24 heavy (non-hydrogen) atoms. The Balaban J connectivity index is 1.74. The maximum atomic E-state index is 14.1. The van der Waals surface area contributed by atoms with Crippen LogP contribution in [0.3, 0.4) is 0 Å². The van der Waals surface area contributed by atoms with Crippen molar-refractivity contribution in [3.8, 4) is 5.75 Å². The molecule has 0 spiro atoms. The summed E-state index contributed by atoms with van der Waals surface area (Å²) >= 11 is 5.71. The molecule has 1 aliphatic carbocycles. The normalized spacial score (nSPS) is 15.5. The van der Waals surface area contributed by atoms with Gasteiger partial charge in [0.2, 0.25) is 0 Å². The van der Waals surface area contributed by atoms with Crippen molar-refractivity contribution < 1.29 is 14.2 Å². The van der Waals surface area contributed by atoms with E-state index in [1.807, 2.05) is 29.2 Å². The molecule has 0 bridgehead atoms. The smallest absolute Gasteiger partial charge is 0.132 e. The lowest BCUT2D eigenvalue weighted by molar-refractivity contribution is 0.0837. The molecule has 0 atom stereocenters. The van der Waals surface area contributed by atoms with Crippen LogP contribution in [-0.4, -0.2) is 34.2 Å². The van der Waals surface area contributed by atoms with E-state index >= 15 is 0 Å². The van der Waals surface area contributed by atoms with Crippen LogP contribution >= 0.6 is 11.6 Å². The van der Waals surface area contributed by atoms with Crippen molar-refractivity contribution in [2.75, 3.05) is 13.7 Å². The second kappa shape index (κ2) is 7.05. The second-order valence-electron chi connectivity index (χ2n) is 6.32. The lowest BCUT2D eigenvalue weighted by Gasteiger charge is -2.25. The number of nitrogens with zero attached hydrogens (tertiary/aromatic N) is 2. The lowest BCUT2D eigenvalue weighted by atomic mass is 10.1. The van der Waals surface area contributed by atoms with Gasteiger partial charge in [-0.3, -0.25) is 4.90 Å². The molecule has 0 unspecified atom stereocenters. The van der Waals surface area contributed by atoms with Gasteiger partial charge in [-0.25, -0.2) is 9.37 Å². The summed E-state index contributed by atoms with van der Waals surface area (Å²) in [6.07, 6.45) is 3.02. The van der Waals surface area contributed by atoms with Gasteiger partial charge < -0.3 is 9.84 Å². The van der Waals surface area contributed by atoms with Crippen LogP contribution in [0.4, 0.5) is 4.39 Å². The van der Waals surface area contributed by atoms with Gasteiger partial charge in [0.05, 0.1) is 12.7 Å². The summed E-state index contributed by atoms with van der Waals surface area (Å²) in [5.74, 6) is 0.414. The Labute approximate surface area is 145 Å². The molecule has 1 fully saturated rings. The van der Waals surface area contributed by atoms with E-state index in [2.05, 4.69) is 4.98 Å². The van der Waals surface area contributed by atoms with Crippen LogP contribution in [0, 0.1) is 5.82 Å². The van der Waals surface area contributed by atoms with Crippen molar-refractivity contribution in [2.24, 2.45) is 0 Å². The molecule has 128 valence electrons. The Hall–Kier alpha value is -1.69. The van der Waals surface area contributed by atoms with Crippen LogP contribution in [-0.2, 0) is 13.1 Å². The molecular weight excluding hydrogens is 331 g/mol. The number of hydrogen-bond donors (Lipinski definition) is 1. The van der Waals surface area contributed by atoms with Crippen LogP contribution < -0.4 is 4.74 Å². The largest absolute Gasteiger partial charge is 0.497 e.